The highest BCUT2D eigenvalue weighted by Crippen LogP contribution is 2.20. The number of amides is 1. The second-order valence-corrected chi connectivity index (χ2v) is 5.89. The van der Waals surface area contributed by atoms with Crippen molar-refractivity contribution in [3.63, 3.8) is 0 Å². The van der Waals surface area contributed by atoms with Crippen LogP contribution in [-0.4, -0.2) is 44.0 Å². The summed E-state index contributed by atoms with van der Waals surface area (Å²) in [6, 6.07) is 16.3. The monoisotopic (exact) mass is 382 g/mol. The zero-order chi connectivity index (χ0) is 20.5. The van der Waals surface area contributed by atoms with E-state index in [0.29, 0.717) is 17.8 Å². The van der Waals surface area contributed by atoms with Gasteiger partial charge in [0.05, 0.1) is 31.5 Å². The van der Waals surface area contributed by atoms with E-state index in [2.05, 4.69) is 14.8 Å². The molecule has 7 nitrogen and oxygen atoms in total. The van der Waals surface area contributed by atoms with Crippen molar-refractivity contribution in [2.75, 3.05) is 26.6 Å². The third-order valence-electron chi connectivity index (χ3n) is 3.90. The number of methoxy groups -OCH3 is 2. The van der Waals surface area contributed by atoms with E-state index in [1.807, 2.05) is 30.3 Å². The zero-order valence-corrected chi connectivity index (χ0v) is 16.0. The fourth-order valence-corrected chi connectivity index (χ4v) is 2.49. The smallest absolute Gasteiger partial charge is 0.354 e. The lowest BCUT2D eigenvalue weighted by Crippen LogP contribution is -2.27. The first-order valence-corrected chi connectivity index (χ1v) is 8.49. The maximum atomic E-state index is 12.9. The van der Waals surface area contributed by atoms with Gasteiger partial charge in [-0.2, -0.15) is 0 Å². The lowest BCUT2D eigenvalue weighted by atomic mass is 10.1. The Kier molecular flexibility index (Phi) is 7.33. The third kappa shape index (κ3) is 5.44. The Labute approximate surface area is 163 Å². The summed E-state index contributed by atoms with van der Waals surface area (Å²) in [4.78, 5) is 38.0. The second-order valence-electron chi connectivity index (χ2n) is 5.89. The number of rotatable bonds is 7. The molecule has 0 spiro atoms. The molecule has 2 aromatic carbocycles. The van der Waals surface area contributed by atoms with Crippen molar-refractivity contribution >= 4 is 23.5 Å². The van der Waals surface area contributed by atoms with Crippen LogP contribution >= 0.6 is 0 Å². The first-order chi connectivity index (χ1) is 13.5. The number of nitrogens with one attached hydrogen (secondary N) is 1. The first-order valence-electron chi connectivity index (χ1n) is 8.49. The van der Waals surface area contributed by atoms with E-state index in [1.165, 1.54) is 14.2 Å². The highest BCUT2D eigenvalue weighted by atomic mass is 16.5. The molecular weight excluding hydrogens is 360 g/mol. The number of nitrogens with zero attached hydrogens (tertiary/aromatic N) is 1. The van der Waals surface area contributed by atoms with Gasteiger partial charge in [0.2, 0.25) is 0 Å². The van der Waals surface area contributed by atoms with Crippen molar-refractivity contribution in [3.8, 4) is 0 Å². The van der Waals surface area contributed by atoms with Crippen molar-refractivity contribution in [2.45, 2.75) is 6.54 Å². The van der Waals surface area contributed by atoms with Gasteiger partial charge in [-0.25, -0.2) is 9.59 Å². The van der Waals surface area contributed by atoms with E-state index < -0.39 is 11.9 Å². The van der Waals surface area contributed by atoms with Crippen LogP contribution in [0.15, 0.2) is 66.4 Å². The van der Waals surface area contributed by atoms with Gasteiger partial charge in [-0.3, -0.25) is 4.79 Å². The standard InChI is InChI=1S/C21H22N2O5/c1-23(14-15-9-5-4-6-10-15)20(25)16-11-7-8-12-17(16)22-18(21(26)28-3)13-19(24)27-2/h4-13,22H,14H2,1-3H3/b18-13+. The summed E-state index contributed by atoms with van der Waals surface area (Å²) in [6.07, 6.45) is 0.973. The van der Waals surface area contributed by atoms with Crippen molar-refractivity contribution < 1.29 is 23.9 Å². The normalized spacial score (nSPS) is 10.8. The van der Waals surface area contributed by atoms with Crippen LogP contribution in [0.4, 0.5) is 5.69 Å². The Balaban J connectivity index is 2.27. The van der Waals surface area contributed by atoms with Crippen LogP contribution < -0.4 is 5.32 Å². The average Bonchev–Trinajstić information content (AvgIpc) is 2.73. The Bertz CT molecular complexity index is 877. The summed E-state index contributed by atoms with van der Waals surface area (Å²) < 4.78 is 9.24. The summed E-state index contributed by atoms with van der Waals surface area (Å²) in [6.45, 7) is 0.426. The molecule has 2 aromatic rings. The molecule has 28 heavy (non-hydrogen) atoms. The molecule has 0 saturated heterocycles. The number of hydrogen-bond acceptors (Lipinski definition) is 6. The van der Waals surface area contributed by atoms with Gasteiger partial charge >= 0.3 is 11.9 Å². The molecule has 0 aromatic heterocycles. The molecule has 0 bridgehead atoms. The molecule has 0 atom stereocenters. The summed E-state index contributed by atoms with van der Waals surface area (Å²) in [7, 11) is 4.08. The van der Waals surface area contributed by atoms with Gasteiger partial charge in [0.25, 0.3) is 5.91 Å². The molecule has 0 aliphatic heterocycles. The Morgan fingerprint density at radius 3 is 2.25 bits per heavy atom. The van der Waals surface area contributed by atoms with Crippen LogP contribution in [0.3, 0.4) is 0 Å². The fraction of sp³-hybridized carbons (Fsp3) is 0.190. The maximum Gasteiger partial charge on any atom is 0.354 e. The van der Waals surface area contributed by atoms with Gasteiger partial charge in [0, 0.05) is 13.6 Å². The van der Waals surface area contributed by atoms with Crippen LogP contribution in [0.1, 0.15) is 15.9 Å². The summed E-state index contributed by atoms with van der Waals surface area (Å²) in [5, 5.41) is 2.80. The van der Waals surface area contributed by atoms with Crippen LogP contribution in [0.2, 0.25) is 0 Å². The van der Waals surface area contributed by atoms with Crippen molar-refractivity contribution in [1.29, 1.82) is 0 Å². The van der Waals surface area contributed by atoms with Gasteiger partial charge in [0.1, 0.15) is 5.70 Å². The molecule has 0 fully saturated rings. The van der Waals surface area contributed by atoms with Crippen LogP contribution in [0, 0.1) is 0 Å². The largest absolute Gasteiger partial charge is 0.466 e. The second kappa shape index (κ2) is 9.91. The zero-order valence-electron chi connectivity index (χ0n) is 16.0. The topological polar surface area (TPSA) is 84.9 Å². The molecule has 0 heterocycles. The highest BCUT2D eigenvalue weighted by Gasteiger charge is 2.19. The molecule has 146 valence electrons. The summed E-state index contributed by atoms with van der Waals surface area (Å²) in [5.74, 6) is -1.72. The van der Waals surface area contributed by atoms with Crippen LogP contribution in [-0.2, 0) is 25.6 Å². The van der Waals surface area contributed by atoms with E-state index in [-0.39, 0.29) is 11.6 Å². The SMILES string of the molecule is COC(=O)/C=C(/Nc1ccccc1C(=O)N(C)Cc1ccccc1)C(=O)OC. The number of benzene rings is 2. The van der Waals surface area contributed by atoms with Crippen molar-refractivity contribution in [2.24, 2.45) is 0 Å². The first kappa shape index (κ1) is 20.7. The van der Waals surface area contributed by atoms with Crippen molar-refractivity contribution in [1.82, 2.24) is 4.90 Å². The van der Waals surface area contributed by atoms with E-state index >= 15 is 0 Å². The highest BCUT2D eigenvalue weighted by molar-refractivity contribution is 6.03. The number of hydrogen-bond donors (Lipinski definition) is 1. The minimum absolute atomic E-state index is 0.139. The van der Waals surface area contributed by atoms with E-state index in [9.17, 15) is 14.4 Å². The quantitative estimate of drug-likeness (QED) is 0.585. The van der Waals surface area contributed by atoms with E-state index in [4.69, 9.17) is 0 Å². The predicted octanol–water partition coefficient (Wildman–Crippen LogP) is 2.60. The minimum atomic E-state index is -0.759. The number of carbonyl (C=O) groups is 3. The molecule has 2 rings (SSSR count). The van der Waals surface area contributed by atoms with Gasteiger partial charge < -0.3 is 19.7 Å². The number of para-hydroxylation sites is 1. The molecule has 0 aliphatic carbocycles. The third-order valence-corrected chi connectivity index (χ3v) is 3.90. The average molecular weight is 382 g/mol. The minimum Gasteiger partial charge on any atom is -0.466 e. The molecule has 7 heteroatoms. The number of esters is 2. The van der Waals surface area contributed by atoms with Gasteiger partial charge in [-0.15, -0.1) is 0 Å². The van der Waals surface area contributed by atoms with Gasteiger partial charge in [-0.05, 0) is 17.7 Å². The van der Waals surface area contributed by atoms with E-state index in [0.717, 1.165) is 11.6 Å². The molecule has 0 saturated carbocycles. The lowest BCUT2D eigenvalue weighted by molar-refractivity contribution is -0.138. The summed E-state index contributed by atoms with van der Waals surface area (Å²) in [5.41, 5.74) is 1.57. The molecular formula is C21H22N2O5. The fourth-order valence-electron chi connectivity index (χ4n) is 2.49. The number of ether oxygens (including phenoxy) is 2. The Hall–Kier alpha value is -3.61. The van der Waals surface area contributed by atoms with E-state index in [1.54, 1.807) is 36.2 Å². The molecule has 1 N–H and O–H groups in total. The molecule has 0 unspecified atom stereocenters. The van der Waals surface area contributed by atoms with Crippen LogP contribution in [0.25, 0.3) is 0 Å². The molecule has 1 amide bonds. The number of carbonyl (C=O) groups excluding carboxylic acids is 3. The Morgan fingerprint density at radius 2 is 1.61 bits per heavy atom. The molecule has 0 radical (unpaired) electrons. The Morgan fingerprint density at radius 1 is 0.964 bits per heavy atom. The lowest BCUT2D eigenvalue weighted by Gasteiger charge is -2.20. The van der Waals surface area contributed by atoms with Crippen LogP contribution in [0.5, 0.6) is 0 Å². The number of anilines is 1. The van der Waals surface area contributed by atoms with Gasteiger partial charge in [-0.1, -0.05) is 42.5 Å². The van der Waals surface area contributed by atoms with Crippen molar-refractivity contribution in [3.05, 3.63) is 77.5 Å². The summed E-state index contributed by atoms with van der Waals surface area (Å²) >= 11 is 0. The van der Waals surface area contributed by atoms with Gasteiger partial charge in [0.15, 0.2) is 0 Å². The maximum absolute atomic E-state index is 12.9. The molecule has 0 aliphatic rings. The predicted molar refractivity (Wildman–Crippen MR) is 104 cm³/mol.